The van der Waals surface area contributed by atoms with E-state index >= 15 is 0 Å². The number of aliphatic hydroxyl groups is 1. The van der Waals surface area contributed by atoms with Crippen LogP contribution in [-0.2, 0) is 19.0 Å². The van der Waals surface area contributed by atoms with Crippen LogP contribution in [0.1, 0.15) is 27.7 Å². The molecule has 0 spiro atoms. The molecule has 2 aliphatic heterocycles. The van der Waals surface area contributed by atoms with Crippen LogP contribution < -0.4 is 0 Å². The highest BCUT2D eigenvalue weighted by Gasteiger charge is 2.44. The lowest BCUT2D eigenvalue weighted by Gasteiger charge is -2.31. The van der Waals surface area contributed by atoms with Gasteiger partial charge in [0.15, 0.2) is 24.0 Å². The van der Waals surface area contributed by atoms with Crippen molar-refractivity contribution in [2.75, 3.05) is 6.61 Å². The van der Waals surface area contributed by atoms with Crippen molar-refractivity contribution in [2.24, 2.45) is 0 Å². The molecule has 96 valence electrons. The summed E-state index contributed by atoms with van der Waals surface area (Å²) in [7, 11) is 0. The fourth-order valence-corrected chi connectivity index (χ4v) is 2.02. The molecule has 0 radical (unpaired) electrons. The Balaban J connectivity index is 2.17. The lowest BCUT2D eigenvalue weighted by atomic mass is 9.96. The quantitative estimate of drug-likeness (QED) is 0.735. The van der Waals surface area contributed by atoms with Gasteiger partial charge in [0.2, 0.25) is 0 Å². The molecule has 0 aromatic heterocycles. The molecule has 0 aromatic carbocycles. The molecule has 5 nitrogen and oxygen atoms in total. The summed E-state index contributed by atoms with van der Waals surface area (Å²) in [4.78, 5) is 12.0. The summed E-state index contributed by atoms with van der Waals surface area (Å²) in [6, 6.07) is 0. The van der Waals surface area contributed by atoms with Crippen molar-refractivity contribution in [1.82, 2.24) is 0 Å². The monoisotopic (exact) mass is 242 g/mol. The second-order valence-electron chi connectivity index (χ2n) is 4.95. The van der Waals surface area contributed by atoms with Crippen molar-refractivity contribution in [1.29, 1.82) is 0 Å². The molecule has 0 bridgehead atoms. The van der Waals surface area contributed by atoms with Crippen LogP contribution in [0.3, 0.4) is 0 Å². The minimum atomic E-state index is -1.04. The highest BCUT2D eigenvalue weighted by Crippen LogP contribution is 2.30. The van der Waals surface area contributed by atoms with E-state index in [4.69, 9.17) is 14.2 Å². The first-order valence-corrected chi connectivity index (χ1v) is 5.69. The van der Waals surface area contributed by atoms with E-state index in [1.54, 1.807) is 27.7 Å². The lowest BCUT2D eigenvalue weighted by molar-refractivity contribution is -0.188. The van der Waals surface area contributed by atoms with Gasteiger partial charge in [0.05, 0.1) is 6.61 Å². The van der Waals surface area contributed by atoms with Gasteiger partial charge in [0, 0.05) is 0 Å². The molecule has 0 saturated carbocycles. The van der Waals surface area contributed by atoms with Crippen LogP contribution in [-0.4, -0.2) is 41.8 Å². The molecule has 2 heterocycles. The Hall–Kier alpha value is -0.750. The van der Waals surface area contributed by atoms with Crippen LogP contribution in [0.15, 0.2) is 11.1 Å². The van der Waals surface area contributed by atoms with Gasteiger partial charge in [-0.05, 0) is 38.8 Å². The summed E-state index contributed by atoms with van der Waals surface area (Å²) in [5.41, 5.74) is 1.10. The maximum absolute atomic E-state index is 12.0. The zero-order valence-corrected chi connectivity index (χ0v) is 10.5. The zero-order valence-electron chi connectivity index (χ0n) is 10.5. The smallest absolute Gasteiger partial charge is 0.190 e. The number of ketones is 1. The van der Waals surface area contributed by atoms with Gasteiger partial charge >= 0.3 is 0 Å². The van der Waals surface area contributed by atoms with Gasteiger partial charge in [0.1, 0.15) is 6.10 Å². The van der Waals surface area contributed by atoms with Gasteiger partial charge < -0.3 is 19.3 Å². The molecule has 3 atom stereocenters. The fourth-order valence-electron chi connectivity index (χ4n) is 2.02. The Bertz CT molecular complexity index is 371. The van der Waals surface area contributed by atoms with E-state index in [9.17, 15) is 9.90 Å². The van der Waals surface area contributed by atoms with E-state index in [0.29, 0.717) is 17.8 Å². The minimum absolute atomic E-state index is 0.140. The average Bonchev–Trinajstić information content (AvgIpc) is 2.61. The zero-order chi connectivity index (χ0) is 12.8. The predicted molar refractivity (Wildman–Crippen MR) is 59.2 cm³/mol. The molecule has 1 unspecified atom stereocenters. The third kappa shape index (κ3) is 2.28. The summed E-state index contributed by atoms with van der Waals surface area (Å²) in [5.74, 6) is -0.845. The molecule has 0 amide bonds. The van der Waals surface area contributed by atoms with Crippen LogP contribution in [0.4, 0.5) is 0 Å². The van der Waals surface area contributed by atoms with E-state index in [1.165, 1.54) is 0 Å². The molecule has 2 rings (SSSR count). The normalized spacial score (nSPS) is 37.7. The number of rotatable bonds is 1. The summed E-state index contributed by atoms with van der Waals surface area (Å²) in [6.07, 6.45) is -2.28. The summed E-state index contributed by atoms with van der Waals surface area (Å²) in [6.45, 7) is 7.24. The van der Waals surface area contributed by atoms with Crippen molar-refractivity contribution in [2.45, 2.75) is 52.0 Å². The molecular weight excluding hydrogens is 224 g/mol. The van der Waals surface area contributed by atoms with Gasteiger partial charge in [-0.25, -0.2) is 0 Å². The molecule has 5 heteroatoms. The maximum atomic E-state index is 12.0. The number of carbonyl (C=O) groups excluding carboxylic acids is 1. The van der Waals surface area contributed by atoms with Crippen LogP contribution in [0, 0.1) is 0 Å². The summed E-state index contributed by atoms with van der Waals surface area (Å²) >= 11 is 0. The first-order valence-electron chi connectivity index (χ1n) is 5.69. The molecule has 17 heavy (non-hydrogen) atoms. The molecular formula is C12H18O5. The number of hydrogen-bond acceptors (Lipinski definition) is 5. The number of Topliss-reactive ketones (excluding diaryl/α,β-unsaturated/α-hetero) is 1. The summed E-state index contributed by atoms with van der Waals surface area (Å²) < 4.78 is 16.3. The molecule has 0 aliphatic carbocycles. The second-order valence-corrected chi connectivity index (χ2v) is 4.95. The third-order valence-electron chi connectivity index (χ3n) is 3.23. The Morgan fingerprint density at radius 1 is 1.35 bits per heavy atom. The molecule has 1 N–H and O–H groups in total. The first-order chi connectivity index (χ1) is 7.82. The van der Waals surface area contributed by atoms with E-state index in [1.807, 2.05) is 0 Å². The Labute approximate surface area is 100 Å². The Morgan fingerprint density at radius 3 is 2.53 bits per heavy atom. The van der Waals surface area contributed by atoms with Crippen molar-refractivity contribution in [3.63, 3.8) is 0 Å². The minimum Gasteiger partial charge on any atom is -0.364 e. The topological polar surface area (TPSA) is 65.0 Å². The number of hydrogen-bond donors (Lipinski definition) is 1. The maximum Gasteiger partial charge on any atom is 0.190 e. The number of aliphatic hydroxyl groups excluding tert-OH is 1. The summed E-state index contributed by atoms with van der Waals surface area (Å²) in [5, 5.41) is 9.70. The van der Waals surface area contributed by atoms with Gasteiger partial charge in [0.25, 0.3) is 0 Å². The molecule has 1 fully saturated rings. The van der Waals surface area contributed by atoms with Gasteiger partial charge in [-0.3, -0.25) is 4.79 Å². The second kappa shape index (κ2) is 4.17. The van der Waals surface area contributed by atoms with Crippen molar-refractivity contribution >= 4 is 5.78 Å². The van der Waals surface area contributed by atoms with E-state index in [0.717, 1.165) is 0 Å². The number of carbonyl (C=O) groups is 1. The highest BCUT2D eigenvalue weighted by molar-refractivity contribution is 6.00. The average molecular weight is 242 g/mol. The van der Waals surface area contributed by atoms with Gasteiger partial charge in [-0.2, -0.15) is 0 Å². The van der Waals surface area contributed by atoms with Crippen LogP contribution in [0.25, 0.3) is 0 Å². The SMILES string of the molecule is CC1=C(C)C(O)O[C@@H]([C@@H]2COC(C)(C)O2)C1=O. The largest absolute Gasteiger partial charge is 0.364 e. The highest BCUT2D eigenvalue weighted by atomic mass is 16.8. The van der Waals surface area contributed by atoms with Crippen LogP contribution in [0.5, 0.6) is 0 Å². The standard InChI is InChI=1S/C12H18O5/c1-6-7(2)11(14)16-10(9(6)13)8-5-15-12(3,4)17-8/h8,10-11,14H,5H2,1-4H3/t8-,10-,11?/m0/s1. The molecule has 2 aliphatic rings. The fraction of sp³-hybridized carbons (Fsp3) is 0.750. The predicted octanol–water partition coefficient (Wildman–Crippen LogP) is 0.761. The van der Waals surface area contributed by atoms with Crippen molar-refractivity contribution in [3.05, 3.63) is 11.1 Å². The lowest BCUT2D eigenvalue weighted by Crippen LogP contribution is -2.45. The van der Waals surface area contributed by atoms with Gasteiger partial charge in [-0.1, -0.05) is 0 Å². The van der Waals surface area contributed by atoms with Crippen molar-refractivity contribution in [3.8, 4) is 0 Å². The Kier molecular flexibility index (Phi) is 3.12. The molecule has 1 saturated heterocycles. The molecule has 0 aromatic rings. The van der Waals surface area contributed by atoms with E-state index in [-0.39, 0.29) is 5.78 Å². The van der Waals surface area contributed by atoms with Crippen molar-refractivity contribution < 1.29 is 24.1 Å². The van der Waals surface area contributed by atoms with Crippen LogP contribution >= 0.6 is 0 Å². The first kappa shape index (κ1) is 12.7. The van der Waals surface area contributed by atoms with Gasteiger partial charge in [-0.15, -0.1) is 0 Å². The van der Waals surface area contributed by atoms with E-state index < -0.39 is 24.3 Å². The van der Waals surface area contributed by atoms with Crippen LogP contribution in [0.2, 0.25) is 0 Å². The number of ether oxygens (including phenoxy) is 3. The third-order valence-corrected chi connectivity index (χ3v) is 3.23. The van der Waals surface area contributed by atoms with E-state index in [2.05, 4.69) is 0 Å². The Morgan fingerprint density at radius 2 is 2.00 bits per heavy atom.